The molecule has 5 nitrogen and oxygen atoms in total. The predicted octanol–water partition coefficient (Wildman–Crippen LogP) is 1.04. The molecule has 0 saturated heterocycles. The van der Waals surface area contributed by atoms with E-state index in [0.717, 1.165) is 12.8 Å². The number of carbonyl (C=O) groups excluding carboxylic acids is 1. The van der Waals surface area contributed by atoms with E-state index in [1.165, 1.54) is 18.2 Å². The Balaban J connectivity index is 2.18. The second kappa shape index (κ2) is 5.54. The fourth-order valence-electron chi connectivity index (χ4n) is 1.55. The summed E-state index contributed by atoms with van der Waals surface area (Å²) in [5, 5.41) is 2.82. The number of carbonyl (C=O) groups is 1. The van der Waals surface area contributed by atoms with Crippen LogP contribution in [-0.4, -0.2) is 26.9 Å². The summed E-state index contributed by atoms with van der Waals surface area (Å²) in [7, 11) is -3.59. The highest BCUT2D eigenvalue weighted by atomic mass is 32.2. The minimum Gasteiger partial charge on any atom is -0.349 e. The average Bonchev–Trinajstić information content (AvgIpc) is 3.20. The Morgan fingerprint density at radius 1 is 1.42 bits per heavy atom. The molecule has 19 heavy (non-hydrogen) atoms. The quantitative estimate of drug-likeness (QED) is 0.765. The zero-order chi connectivity index (χ0) is 13.9. The van der Waals surface area contributed by atoms with Crippen molar-refractivity contribution in [3.8, 4) is 0 Å². The molecule has 2 N–H and O–H groups in total. The Kier molecular flexibility index (Phi) is 4.01. The molecule has 1 aromatic carbocycles. The number of amides is 1. The lowest BCUT2D eigenvalue weighted by Gasteiger charge is -2.07. The van der Waals surface area contributed by atoms with Gasteiger partial charge in [-0.05, 0) is 31.0 Å². The average molecular weight is 280 g/mol. The van der Waals surface area contributed by atoms with Gasteiger partial charge in [0.1, 0.15) is 0 Å². The Morgan fingerprint density at radius 3 is 2.79 bits per heavy atom. The van der Waals surface area contributed by atoms with Crippen molar-refractivity contribution in [2.24, 2.45) is 0 Å². The second-order valence-electron chi connectivity index (χ2n) is 4.42. The number of benzene rings is 1. The number of hydrogen-bond acceptors (Lipinski definition) is 3. The molecular formula is C13H16N2O3S. The van der Waals surface area contributed by atoms with Crippen molar-refractivity contribution in [2.75, 3.05) is 6.54 Å². The third kappa shape index (κ3) is 3.65. The third-order valence-electron chi connectivity index (χ3n) is 2.74. The van der Waals surface area contributed by atoms with E-state index in [4.69, 9.17) is 0 Å². The van der Waals surface area contributed by atoms with Crippen molar-refractivity contribution in [3.63, 3.8) is 0 Å². The first-order valence-electron chi connectivity index (χ1n) is 6.04. The smallest absolute Gasteiger partial charge is 0.251 e. The van der Waals surface area contributed by atoms with Crippen molar-refractivity contribution in [2.45, 2.75) is 23.8 Å². The number of rotatable bonds is 6. The maximum atomic E-state index is 11.9. The van der Waals surface area contributed by atoms with Gasteiger partial charge in [-0.15, -0.1) is 6.58 Å². The molecule has 2 rings (SSSR count). The van der Waals surface area contributed by atoms with Gasteiger partial charge in [0.25, 0.3) is 5.91 Å². The fourth-order valence-corrected chi connectivity index (χ4v) is 2.60. The van der Waals surface area contributed by atoms with Crippen molar-refractivity contribution in [1.29, 1.82) is 0 Å². The predicted molar refractivity (Wildman–Crippen MR) is 72.3 cm³/mol. The van der Waals surface area contributed by atoms with Crippen molar-refractivity contribution < 1.29 is 13.2 Å². The summed E-state index contributed by atoms with van der Waals surface area (Å²) in [5.74, 6) is -0.233. The number of hydrogen-bond donors (Lipinski definition) is 2. The Hall–Kier alpha value is -1.66. The minimum absolute atomic E-state index is 0.0813. The molecule has 0 heterocycles. The molecule has 1 aliphatic carbocycles. The molecular weight excluding hydrogens is 264 g/mol. The van der Waals surface area contributed by atoms with Crippen LogP contribution in [0.2, 0.25) is 0 Å². The Bertz CT molecular complexity index is 592. The summed E-state index contributed by atoms with van der Waals surface area (Å²) in [6.45, 7) is 3.61. The molecule has 6 heteroatoms. The van der Waals surface area contributed by atoms with Crippen LogP contribution < -0.4 is 10.0 Å². The van der Waals surface area contributed by atoms with Crippen LogP contribution in [0.4, 0.5) is 0 Å². The van der Waals surface area contributed by atoms with E-state index in [-0.39, 0.29) is 23.4 Å². The molecule has 0 aromatic heterocycles. The summed E-state index contributed by atoms with van der Waals surface area (Å²) >= 11 is 0. The van der Waals surface area contributed by atoms with Crippen LogP contribution in [-0.2, 0) is 10.0 Å². The van der Waals surface area contributed by atoms with E-state index < -0.39 is 10.0 Å². The van der Waals surface area contributed by atoms with Crippen LogP contribution in [0.5, 0.6) is 0 Å². The summed E-state index contributed by atoms with van der Waals surface area (Å²) in [5.41, 5.74) is 0.355. The van der Waals surface area contributed by atoms with E-state index in [9.17, 15) is 13.2 Å². The molecule has 0 bridgehead atoms. The largest absolute Gasteiger partial charge is 0.349 e. The van der Waals surface area contributed by atoms with Gasteiger partial charge in [0.2, 0.25) is 10.0 Å². The van der Waals surface area contributed by atoms with Crippen molar-refractivity contribution in [1.82, 2.24) is 10.0 Å². The van der Waals surface area contributed by atoms with Crippen LogP contribution in [0.15, 0.2) is 41.8 Å². The van der Waals surface area contributed by atoms with Gasteiger partial charge in [0.15, 0.2) is 0 Å². The first-order chi connectivity index (χ1) is 9.03. The molecule has 0 spiro atoms. The molecule has 0 atom stereocenters. The van der Waals surface area contributed by atoms with Gasteiger partial charge in [-0.25, -0.2) is 13.1 Å². The van der Waals surface area contributed by atoms with Crippen molar-refractivity contribution in [3.05, 3.63) is 42.5 Å². The molecule has 1 aliphatic rings. The monoisotopic (exact) mass is 280 g/mol. The van der Waals surface area contributed by atoms with E-state index >= 15 is 0 Å². The summed E-state index contributed by atoms with van der Waals surface area (Å²) in [6.07, 6.45) is 3.44. The van der Waals surface area contributed by atoms with Gasteiger partial charge < -0.3 is 5.32 Å². The highest BCUT2D eigenvalue weighted by molar-refractivity contribution is 7.89. The van der Waals surface area contributed by atoms with E-state index in [1.807, 2.05) is 0 Å². The summed E-state index contributed by atoms with van der Waals surface area (Å²) < 4.78 is 26.2. The van der Waals surface area contributed by atoms with Gasteiger partial charge >= 0.3 is 0 Å². The standard InChI is InChI=1S/C13H16N2O3S/c1-2-8-14-19(17,18)12-5-3-4-10(9-12)13(16)15-11-6-7-11/h2-5,9,11,14H,1,6-8H2,(H,15,16). The molecule has 1 amide bonds. The minimum atomic E-state index is -3.59. The van der Waals surface area contributed by atoms with Gasteiger partial charge in [-0.2, -0.15) is 0 Å². The van der Waals surface area contributed by atoms with Crippen LogP contribution in [0, 0.1) is 0 Å². The number of nitrogens with one attached hydrogen (secondary N) is 2. The van der Waals surface area contributed by atoms with E-state index in [0.29, 0.717) is 5.56 Å². The molecule has 0 aliphatic heterocycles. The maximum Gasteiger partial charge on any atom is 0.251 e. The zero-order valence-electron chi connectivity index (χ0n) is 10.4. The van der Waals surface area contributed by atoms with E-state index in [2.05, 4.69) is 16.6 Å². The number of sulfonamides is 1. The first-order valence-corrected chi connectivity index (χ1v) is 7.53. The Morgan fingerprint density at radius 2 is 2.16 bits per heavy atom. The van der Waals surface area contributed by atoms with E-state index in [1.54, 1.807) is 12.1 Å². The van der Waals surface area contributed by atoms with Crippen LogP contribution in [0.1, 0.15) is 23.2 Å². The fraction of sp³-hybridized carbons (Fsp3) is 0.308. The van der Waals surface area contributed by atoms with Gasteiger partial charge in [-0.1, -0.05) is 12.1 Å². The Labute approximate surface area is 112 Å². The second-order valence-corrected chi connectivity index (χ2v) is 6.18. The zero-order valence-corrected chi connectivity index (χ0v) is 11.2. The third-order valence-corrected chi connectivity index (χ3v) is 4.16. The summed E-state index contributed by atoms with van der Waals surface area (Å²) in [6, 6.07) is 6.24. The van der Waals surface area contributed by atoms with Crippen LogP contribution >= 0.6 is 0 Å². The molecule has 1 aromatic rings. The first kappa shape index (κ1) is 13.8. The molecule has 1 saturated carbocycles. The SMILES string of the molecule is C=CCNS(=O)(=O)c1cccc(C(=O)NC2CC2)c1. The molecule has 1 fully saturated rings. The maximum absolute atomic E-state index is 11.9. The lowest BCUT2D eigenvalue weighted by molar-refractivity contribution is 0.0951. The topological polar surface area (TPSA) is 75.3 Å². The lowest BCUT2D eigenvalue weighted by Crippen LogP contribution is -2.27. The van der Waals surface area contributed by atoms with Gasteiger partial charge in [0, 0.05) is 18.2 Å². The molecule has 0 radical (unpaired) electrons. The van der Waals surface area contributed by atoms with Crippen LogP contribution in [0.25, 0.3) is 0 Å². The normalized spacial score (nSPS) is 14.9. The highest BCUT2D eigenvalue weighted by Gasteiger charge is 2.24. The molecule has 102 valence electrons. The van der Waals surface area contributed by atoms with Crippen LogP contribution in [0.3, 0.4) is 0 Å². The van der Waals surface area contributed by atoms with Gasteiger partial charge in [0.05, 0.1) is 4.90 Å². The van der Waals surface area contributed by atoms with Crippen molar-refractivity contribution >= 4 is 15.9 Å². The van der Waals surface area contributed by atoms with Gasteiger partial charge in [-0.3, -0.25) is 4.79 Å². The summed E-state index contributed by atoms with van der Waals surface area (Å²) in [4.78, 5) is 11.9. The molecule has 0 unspecified atom stereocenters. The lowest BCUT2D eigenvalue weighted by atomic mass is 10.2. The highest BCUT2D eigenvalue weighted by Crippen LogP contribution is 2.20.